The van der Waals surface area contributed by atoms with E-state index in [1.165, 1.54) is 12.1 Å². The Morgan fingerprint density at radius 1 is 1.41 bits per heavy atom. The molecule has 0 saturated heterocycles. The highest BCUT2D eigenvalue weighted by molar-refractivity contribution is 5.69. The molecule has 0 spiro atoms. The Morgan fingerprint density at radius 2 is 2.18 bits per heavy atom. The maximum atomic E-state index is 13.2. The summed E-state index contributed by atoms with van der Waals surface area (Å²) in [5, 5.41) is 2.89. The molecule has 1 N–H and O–H groups in total. The lowest BCUT2D eigenvalue weighted by atomic mass is 10.2. The predicted octanol–water partition coefficient (Wildman–Crippen LogP) is 2.01. The highest BCUT2D eigenvalue weighted by atomic mass is 19.1. The minimum absolute atomic E-state index is 0.233. The van der Waals surface area contributed by atoms with Gasteiger partial charge in [0, 0.05) is 24.7 Å². The molecule has 0 aliphatic heterocycles. The number of esters is 1. The van der Waals surface area contributed by atoms with Crippen molar-refractivity contribution in [1.29, 1.82) is 0 Å². The molecule has 0 fully saturated rings. The van der Waals surface area contributed by atoms with E-state index >= 15 is 0 Å². The van der Waals surface area contributed by atoms with Crippen molar-refractivity contribution >= 4 is 5.97 Å². The summed E-state index contributed by atoms with van der Waals surface area (Å²) in [7, 11) is 0. The third-order valence-corrected chi connectivity index (χ3v) is 2.14. The fourth-order valence-corrected chi connectivity index (χ4v) is 1.31. The summed E-state index contributed by atoms with van der Waals surface area (Å²) in [6.45, 7) is 2.74. The van der Waals surface area contributed by atoms with E-state index in [4.69, 9.17) is 4.74 Å². The number of carbonyl (C=O) groups excluding carboxylic acids is 1. The molecule has 0 atom stereocenters. The Labute approximate surface area is 98.8 Å². The van der Waals surface area contributed by atoms with E-state index in [1.807, 2.05) is 0 Å². The van der Waals surface area contributed by atoms with Gasteiger partial charge in [-0.25, -0.2) is 8.78 Å². The number of nitrogens with one attached hydrogen (secondary N) is 1. The number of benzene rings is 1. The Hall–Kier alpha value is -1.49. The molecule has 1 aromatic carbocycles. The molecule has 0 radical (unpaired) electrons. The fourth-order valence-electron chi connectivity index (χ4n) is 1.31. The zero-order valence-electron chi connectivity index (χ0n) is 9.63. The van der Waals surface area contributed by atoms with Gasteiger partial charge in [-0.15, -0.1) is 0 Å². The molecule has 0 unspecified atom stereocenters. The van der Waals surface area contributed by atoms with Crippen LogP contribution in [0, 0.1) is 11.6 Å². The molecule has 5 heteroatoms. The molecule has 0 amide bonds. The van der Waals surface area contributed by atoms with Crippen LogP contribution in [0.1, 0.15) is 18.9 Å². The Morgan fingerprint density at radius 3 is 2.82 bits per heavy atom. The normalized spacial score (nSPS) is 10.3. The molecule has 1 aromatic rings. The molecule has 0 aliphatic carbocycles. The topological polar surface area (TPSA) is 38.3 Å². The van der Waals surface area contributed by atoms with Crippen LogP contribution in [0.3, 0.4) is 0 Å². The minimum Gasteiger partial charge on any atom is -0.466 e. The summed E-state index contributed by atoms with van der Waals surface area (Å²) in [5.41, 5.74) is 0.371. The highest BCUT2D eigenvalue weighted by Crippen LogP contribution is 2.08. The van der Waals surface area contributed by atoms with Crippen LogP contribution in [0.2, 0.25) is 0 Å². The average molecular weight is 243 g/mol. The molecule has 0 saturated carbocycles. The van der Waals surface area contributed by atoms with Crippen molar-refractivity contribution in [2.24, 2.45) is 0 Å². The van der Waals surface area contributed by atoms with Crippen LogP contribution in [-0.4, -0.2) is 19.1 Å². The lowest BCUT2D eigenvalue weighted by Crippen LogP contribution is -2.19. The third kappa shape index (κ3) is 4.91. The van der Waals surface area contributed by atoms with Gasteiger partial charge in [-0.3, -0.25) is 4.79 Å². The van der Waals surface area contributed by atoms with Crippen molar-refractivity contribution in [3.63, 3.8) is 0 Å². The van der Waals surface area contributed by atoms with Gasteiger partial charge >= 0.3 is 5.97 Å². The standard InChI is InChI=1S/C12H15F2NO2/c1-2-17-12(16)5-6-15-8-9-3-4-10(13)7-11(9)14/h3-4,7,15H,2,5-6,8H2,1H3. The summed E-state index contributed by atoms with van der Waals surface area (Å²) < 4.78 is 30.5. The molecule has 17 heavy (non-hydrogen) atoms. The van der Waals surface area contributed by atoms with Gasteiger partial charge in [0.15, 0.2) is 0 Å². The van der Waals surface area contributed by atoms with Gasteiger partial charge in [0.25, 0.3) is 0 Å². The van der Waals surface area contributed by atoms with Crippen molar-refractivity contribution in [3.05, 3.63) is 35.4 Å². The summed E-state index contributed by atoms with van der Waals surface area (Å²) in [5.74, 6) is -1.48. The maximum absolute atomic E-state index is 13.2. The zero-order valence-corrected chi connectivity index (χ0v) is 9.63. The Bertz CT molecular complexity index is 383. The Balaban J connectivity index is 2.29. The summed E-state index contributed by atoms with van der Waals surface area (Å²) in [6, 6.07) is 3.41. The molecular weight excluding hydrogens is 228 g/mol. The van der Waals surface area contributed by atoms with Crippen LogP contribution in [0.4, 0.5) is 8.78 Å². The third-order valence-electron chi connectivity index (χ3n) is 2.14. The SMILES string of the molecule is CCOC(=O)CCNCc1ccc(F)cc1F. The van der Waals surface area contributed by atoms with Crippen molar-refractivity contribution in [2.75, 3.05) is 13.2 Å². The van der Waals surface area contributed by atoms with Crippen LogP contribution in [0.15, 0.2) is 18.2 Å². The van der Waals surface area contributed by atoms with E-state index in [0.717, 1.165) is 6.07 Å². The van der Waals surface area contributed by atoms with Crippen molar-refractivity contribution in [3.8, 4) is 0 Å². The molecule has 1 rings (SSSR count). The number of ether oxygens (including phenoxy) is 1. The second-order valence-electron chi connectivity index (χ2n) is 3.47. The van der Waals surface area contributed by atoms with E-state index in [-0.39, 0.29) is 18.9 Å². The van der Waals surface area contributed by atoms with E-state index in [1.54, 1.807) is 6.92 Å². The van der Waals surface area contributed by atoms with Gasteiger partial charge in [0.05, 0.1) is 13.0 Å². The van der Waals surface area contributed by atoms with Gasteiger partial charge in [-0.1, -0.05) is 6.07 Å². The van der Waals surface area contributed by atoms with Crippen LogP contribution in [0.25, 0.3) is 0 Å². The summed E-state index contributed by atoms with van der Waals surface area (Å²) in [6.07, 6.45) is 0.233. The van der Waals surface area contributed by atoms with Crippen LogP contribution in [-0.2, 0) is 16.1 Å². The number of rotatable bonds is 6. The van der Waals surface area contributed by atoms with E-state index in [9.17, 15) is 13.6 Å². The zero-order chi connectivity index (χ0) is 12.7. The minimum atomic E-state index is -0.599. The van der Waals surface area contributed by atoms with Crippen molar-refractivity contribution in [1.82, 2.24) is 5.32 Å². The van der Waals surface area contributed by atoms with Crippen LogP contribution < -0.4 is 5.32 Å². The van der Waals surface area contributed by atoms with Gasteiger partial charge in [0.2, 0.25) is 0 Å². The fraction of sp³-hybridized carbons (Fsp3) is 0.417. The second kappa shape index (κ2) is 6.96. The molecule has 94 valence electrons. The largest absolute Gasteiger partial charge is 0.466 e. The van der Waals surface area contributed by atoms with Gasteiger partial charge in [0.1, 0.15) is 11.6 Å². The smallest absolute Gasteiger partial charge is 0.307 e. The second-order valence-corrected chi connectivity index (χ2v) is 3.47. The molecule has 0 aliphatic rings. The first kappa shape index (κ1) is 13.6. The molecule has 3 nitrogen and oxygen atoms in total. The molecular formula is C12H15F2NO2. The van der Waals surface area contributed by atoms with Crippen molar-refractivity contribution < 1.29 is 18.3 Å². The van der Waals surface area contributed by atoms with E-state index in [2.05, 4.69) is 5.32 Å². The number of hydrogen-bond donors (Lipinski definition) is 1. The summed E-state index contributed by atoms with van der Waals surface area (Å²) >= 11 is 0. The molecule has 0 aromatic heterocycles. The van der Waals surface area contributed by atoms with E-state index < -0.39 is 11.6 Å². The first-order chi connectivity index (χ1) is 8.13. The van der Waals surface area contributed by atoms with E-state index in [0.29, 0.717) is 18.7 Å². The van der Waals surface area contributed by atoms with Gasteiger partial charge < -0.3 is 10.1 Å². The van der Waals surface area contributed by atoms with Crippen molar-refractivity contribution in [2.45, 2.75) is 19.9 Å². The number of hydrogen-bond acceptors (Lipinski definition) is 3. The number of halogens is 2. The van der Waals surface area contributed by atoms with Gasteiger partial charge in [-0.05, 0) is 13.0 Å². The Kier molecular flexibility index (Phi) is 5.56. The quantitative estimate of drug-likeness (QED) is 0.613. The highest BCUT2D eigenvalue weighted by Gasteiger charge is 2.04. The molecule has 0 bridgehead atoms. The maximum Gasteiger partial charge on any atom is 0.307 e. The lowest BCUT2D eigenvalue weighted by molar-refractivity contribution is -0.142. The lowest BCUT2D eigenvalue weighted by Gasteiger charge is -2.06. The summed E-state index contributed by atoms with van der Waals surface area (Å²) in [4.78, 5) is 11.0. The van der Waals surface area contributed by atoms with Crippen LogP contribution in [0.5, 0.6) is 0 Å². The van der Waals surface area contributed by atoms with Gasteiger partial charge in [-0.2, -0.15) is 0 Å². The predicted molar refractivity (Wildman–Crippen MR) is 59.3 cm³/mol. The van der Waals surface area contributed by atoms with Crippen LogP contribution >= 0.6 is 0 Å². The monoisotopic (exact) mass is 243 g/mol. The first-order valence-electron chi connectivity index (χ1n) is 5.43. The number of carbonyl (C=O) groups is 1. The molecule has 0 heterocycles. The average Bonchev–Trinajstić information content (AvgIpc) is 2.27. The first-order valence-corrected chi connectivity index (χ1v) is 5.43.